The van der Waals surface area contributed by atoms with E-state index in [1.54, 1.807) is 0 Å². The fourth-order valence-corrected chi connectivity index (χ4v) is 3.20. The number of thiophene rings is 1. The summed E-state index contributed by atoms with van der Waals surface area (Å²) in [4.78, 5) is 1.42. The number of rotatable bonds is 4. The second kappa shape index (κ2) is 5.13. The molecule has 88 valence electrons. The molecule has 0 spiro atoms. The molecule has 3 heteroatoms. The van der Waals surface area contributed by atoms with Crippen LogP contribution in [0.4, 0.5) is 0 Å². The predicted molar refractivity (Wildman–Crippen MR) is 68.7 cm³/mol. The second-order valence-electron chi connectivity index (χ2n) is 4.53. The summed E-state index contributed by atoms with van der Waals surface area (Å²) >= 11 is 1.81. The van der Waals surface area contributed by atoms with Gasteiger partial charge in [0.15, 0.2) is 0 Å². The van der Waals surface area contributed by atoms with Crippen LogP contribution < -0.4 is 5.32 Å². The van der Waals surface area contributed by atoms with Crippen LogP contribution in [0.25, 0.3) is 0 Å². The molecule has 1 aliphatic rings. The van der Waals surface area contributed by atoms with E-state index in [0.29, 0.717) is 18.0 Å². The molecule has 2 rings (SSSR count). The van der Waals surface area contributed by atoms with E-state index in [1.807, 2.05) is 11.3 Å². The molecule has 3 atom stereocenters. The van der Waals surface area contributed by atoms with Gasteiger partial charge in [-0.15, -0.1) is 11.3 Å². The average Bonchev–Trinajstić information content (AvgIpc) is 2.86. The van der Waals surface area contributed by atoms with Crippen LogP contribution >= 0.6 is 11.3 Å². The minimum Gasteiger partial charge on any atom is -0.396 e. The summed E-state index contributed by atoms with van der Waals surface area (Å²) in [6, 6.07) is 2.97. The van der Waals surface area contributed by atoms with Crippen molar-refractivity contribution in [1.82, 2.24) is 5.32 Å². The van der Waals surface area contributed by atoms with Gasteiger partial charge >= 0.3 is 0 Å². The van der Waals surface area contributed by atoms with Crippen molar-refractivity contribution < 1.29 is 5.11 Å². The molecule has 2 nitrogen and oxygen atoms in total. The molecule has 1 aromatic rings. The van der Waals surface area contributed by atoms with Crippen LogP contribution in [0, 0.1) is 12.8 Å². The van der Waals surface area contributed by atoms with E-state index >= 15 is 0 Å². The van der Waals surface area contributed by atoms with E-state index in [0.717, 1.165) is 6.42 Å². The average molecular weight is 237 g/mol. The third-order valence-corrected chi connectivity index (χ3v) is 4.37. The fraction of sp³-hybridized carbons (Fsp3) is 0.538. The van der Waals surface area contributed by atoms with E-state index < -0.39 is 0 Å². The number of aryl methyl sites for hydroxylation is 1. The molecule has 0 bridgehead atoms. The van der Waals surface area contributed by atoms with E-state index in [2.05, 4.69) is 42.8 Å². The summed E-state index contributed by atoms with van der Waals surface area (Å²) in [6.45, 7) is 4.63. The van der Waals surface area contributed by atoms with Crippen LogP contribution in [-0.4, -0.2) is 17.8 Å². The van der Waals surface area contributed by atoms with Crippen molar-refractivity contribution in [3.8, 4) is 0 Å². The van der Waals surface area contributed by atoms with Gasteiger partial charge in [-0.3, -0.25) is 0 Å². The highest BCUT2D eigenvalue weighted by atomic mass is 32.1. The lowest BCUT2D eigenvalue weighted by Gasteiger charge is -2.19. The molecular formula is C13H19NOS. The van der Waals surface area contributed by atoms with E-state index in [-0.39, 0.29) is 6.61 Å². The Bertz CT molecular complexity index is 372. The first-order chi connectivity index (χ1) is 7.70. The Hall–Kier alpha value is -0.640. The third-order valence-electron chi connectivity index (χ3n) is 3.17. The zero-order valence-electron chi connectivity index (χ0n) is 9.81. The van der Waals surface area contributed by atoms with Gasteiger partial charge in [0.2, 0.25) is 0 Å². The zero-order valence-corrected chi connectivity index (χ0v) is 10.6. The number of aliphatic hydroxyl groups is 1. The van der Waals surface area contributed by atoms with Crippen molar-refractivity contribution in [2.75, 3.05) is 6.61 Å². The highest BCUT2D eigenvalue weighted by molar-refractivity contribution is 7.10. The molecule has 1 aliphatic carbocycles. The lowest BCUT2D eigenvalue weighted by molar-refractivity contribution is 0.245. The second-order valence-corrected chi connectivity index (χ2v) is 5.47. The van der Waals surface area contributed by atoms with Crippen molar-refractivity contribution >= 4 is 11.3 Å². The van der Waals surface area contributed by atoms with Crippen molar-refractivity contribution in [3.05, 3.63) is 34.0 Å². The molecule has 1 aromatic heterocycles. The molecule has 1 unspecified atom stereocenters. The lowest BCUT2D eigenvalue weighted by Crippen LogP contribution is -2.29. The molecule has 0 aliphatic heterocycles. The number of hydrogen-bond donors (Lipinski definition) is 2. The Morgan fingerprint density at radius 2 is 2.38 bits per heavy atom. The van der Waals surface area contributed by atoms with Crippen LogP contribution in [-0.2, 0) is 0 Å². The van der Waals surface area contributed by atoms with E-state index in [1.165, 1.54) is 10.4 Å². The molecule has 0 saturated carbocycles. The Morgan fingerprint density at radius 1 is 1.56 bits per heavy atom. The van der Waals surface area contributed by atoms with Crippen molar-refractivity contribution in [1.29, 1.82) is 0 Å². The summed E-state index contributed by atoms with van der Waals surface area (Å²) < 4.78 is 0. The van der Waals surface area contributed by atoms with Crippen LogP contribution in [0.15, 0.2) is 23.6 Å². The lowest BCUT2D eigenvalue weighted by atomic mass is 10.1. The van der Waals surface area contributed by atoms with Crippen molar-refractivity contribution in [3.63, 3.8) is 0 Å². The van der Waals surface area contributed by atoms with Crippen LogP contribution in [0.2, 0.25) is 0 Å². The summed E-state index contributed by atoms with van der Waals surface area (Å²) in [6.07, 6.45) is 5.32. The number of hydrogen-bond acceptors (Lipinski definition) is 3. The molecular weight excluding hydrogens is 218 g/mol. The SMILES string of the molecule is Cc1ccsc1C(C)N[C@@H]1C=C[C@H](CO)C1. The molecule has 0 aromatic carbocycles. The van der Waals surface area contributed by atoms with Gasteiger partial charge in [-0.25, -0.2) is 0 Å². The minimum absolute atomic E-state index is 0.265. The topological polar surface area (TPSA) is 32.3 Å². The molecule has 0 fully saturated rings. The quantitative estimate of drug-likeness (QED) is 0.789. The summed E-state index contributed by atoms with van der Waals surface area (Å²) in [7, 11) is 0. The Labute approximate surface area is 101 Å². The molecule has 16 heavy (non-hydrogen) atoms. The van der Waals surface area contributed by atoms with Gasteiger partial charge in [0.05, 0.1) is 0 Å². The predicted octanol–water partition coefficient (Wildman–Crippen LogP) is 2.64. The summed E-state index contributed by atoms with van der Waals surface area (Å²) in [5, 5.41) is 14.8. The molecule has 1 heterocycles. The largest absolute Gasteiger partial charge is 0.396 e. The van der Waals surface area contributed by atoms with Gasteiger partial charge in [0.25, 0.3) is 0 Å². The van der Waals surface area contributed by atoms with E-state index in [4.69, 9.17) is 5.11 Å². The Balaban J connectivity index is 1.92. The zero-order chi connectivity index (χ0) is 11.5. The summed E-state index contributed by atoms with van der Waals surface area (Å²) in [5.41, 5.74) is 1.37. The maximum absolute atomic E-state index is 9.07. The van der Waals surface area contributed by atoms with Gasteiger partial charge in [-0.1, -0.05) is 12.2 Å². The Morgan fingerprint density at radius 3 is 2.94 bits per heavy atom. The highest BCUT2D eigenvalue weighted by Gasteiger charge is 2.20. The standard InChI is InChI=1S/C13H19NOS/c1-9-5-6-16-13(9)10(2)14-12-4-3-11(7-12)8-15/h3-6,10-12,14-15H,7-8H2,1-2H3/t10?,11-,12+/m0/s1. The van der Waals surface area contributed by atoms with Crippen LogP contribution in [0.1, 0.15) is 29.8 Å². The Kier molecular flexibility index (Phi) is 3.79. The first-order valence-electron chi connectivity index (χ1n) is 5.80. The van der Waals surface area contributed by atoms with E-state index in [9.17, 15) is 0 Å². The molecule has 0 saturated heterocycles. The van der Waals surface area contributed by atoms with Crippen LogP contribution in [0.3, 0.4) is 0 Å². The highest BCUT2D eigenvalue weighted by Crippen LogP contribution is 2.26. The third kappa shape index (κ3) is 2.54. The maximum atomic E-state index is 9.07. The van der Waals surface area contributed by atoms with Gasteiger partial charge in [-0.2, -0.15) is 0 Å². The first kappa shape index (κ1) is 11.8. The van der Waals surface area contributed by atoms with Crippen molar-refractivity contribution in [2.24, 2.45) is 5.92 Å². The number of aliphatic hydroxyl groups excluding tert-OH is 1. The molecule has 0 amide bonds. The van der Waals surface area contributed by atoms with Crippen molar-refractivity contribution in [2.45, 2.75) is 32.4 Å². The van der Waals surface area contributed by atoms with Gasteiger partial charge in [0.1, 0.15) is 0 Å². The maximum Gasteiger partial charge on any atom is 0.0494 e. The molecule has 2 N–H and O–H groups in total. The van der Waals surface area contributed by atoms with Gasteiger partial charge in [-0.05, 0) is 37.3 Å². The monoisotopic (exact) mass is 237 g/mol. The summed E-state index contributed by atoms with van der Waals surface area (Å²) in [5.74, 6) is 0.342. The smallest absolute Gasteiger partial charge is 0.0494 e. The number of nitrogens with one attached hydrogen (secondary N) is 1. The molecule has 0 radical (unpaired) electrons. The minimum atomic E-state index is 0.265. The normalized spacial score (nSPS) is 26.2. The van der Waals surface area contributed by atoms with Crippen LogP contribution in [0.5, 0.6) is 0 Å². The van der Waals surface area contributed by atoms with Gasteiger partial charge < -0.3 is 10.4 Å². The fourth-order valence-electron chi connectivity index (χ4n) is 2.26. The van der Waals surface area contributed by atoms with Gasteiger partial charge in [0, 0.05) is 29.5 Å². The first-order valence-corrected chi connectivity index (χ1v) is 6.68.